The highest BCUT2D eigenvalue weighted by Crippen LogP contribution is 2.36. The van der Waals surface area contributed by atoms with Gasteiger partial charge in [-0.2, -0.15) is 0 Å². The second-order valence-electron chi connectivity index (χ2n) is 3.78. The van der Waals surface area contributed by atoms with Gasteiger partial charge in [0.1, 0.15) is 9.98 Å². The van der Waals surface area contributed by atoms with Gasteiger partial charge in [0.15, 0.2) is 0 Å². The van der Waals surface area contributed by atoms with Gasteiger partial charge in [-0.25, -0.2) is 9.97 Å². The topological polar surface area (TPSA) is 37.8 Å². The molecule has 0 aliphatic rings. The molecule has 0 unspecified atom stereocenters. The lowest BCUT2D eigenvalue weighted by atomic mass is 10.1. The third kappa shape index (κ3) is 1.83. The van der Waals surface area contributed by atoms with E-state index in [1.54, 1.807) is 18.4 Å². The highest BCUT2D eigenvalue weighted by molar-refractivity contribution is 7.17. The van der Waals surface area contributed by atoms with Gasteiger partial charge in [-0.3, -0.25) is 0 Å². The summed E-state index contributed by atoms with van der Waals surface area (Å²) in [5, 5.41) is 6.39. The summed E-state index contributed by atoms with van der Waals surface area (Å²) < 4.78 is 0. The van der Waals surface area contributed by atoms with Crippen LogP contribution in [0.4, 0.5) is 5.95 Å². The lowest BCUT2D eigenvalue weighted by Gasteiger charge is -2.02. The molecule has 0 fully saturated rings. The molecule has 18 heavy (non-hydrogen) atoms. The van der Waals surface area contributed by atoms with Crippen LogP contribution in [0.1, 0.15) is 0 Å². The Morgan fingerprint density at radius 1 is 1.17 bits per heavy atom. The maximum absolute atomic E-state index is 6.25. The van der Waals surface area contributed by atoms with Crippen LogP contribution in [-0.4, -0.2) is 17.0 Å². The number of anilines is 1. The number of hydrogen-bond donors (Lipinski definition) is 1. The summed E-state index contributed by atoms with van der Waals surface area (Å²) in [6.45, 7) is 0. The Morgan fingerprint density at radius 2 is 1.94 bits per heavy atom. The second-order valence-corrected chi connectivity index (χ2v) is 5.00. The maximum Gasteiger partial charge on any atom is 0.225 e. The first kappa shape index (κ1) is 11.4. The maximum atomic E-state index is 6.25. The lowest BCUT2D eigenvalue weighted by Crippen LogP contribution is -1.95. The van der Waals surface area contributed by atoms with Crippen molar-refractivity contribution >= 4 is 39.1 Å². The van der Waals surface area contributed by atoms with Crippen LogP contribution in [0.3, 0.4) is 0 Å². The number of benzene rings is 1. The summed E-state index contributed by atoms with van der Waals surface area (Å²) in [6, 6.07) is 10.1. The van der Waals surface area contributed by atoms with Gasteiger partial charge in [-0.15, -0.1) is 11.3 Å². The fourth-order valence-corrected chi connectivity index (χ4v) is 3.12. The fraction of sp³-hybridized carbons (Fsp3) is 0.0769. The van der Waals surface area contributed by atoms with Gasteiger partial charge in [0.25, 0.3) is 0 Å². The Morgan fingerprint density at radius 3 is 2.67 bits per heavy atom. The average Bonchev–Trinajstić information content (AvgIpc) is 2.84. The predicted molar refractivity (Wildman–Crippen MR) is 77.4 cm³/mol. The molecular formula is C13H10ClN3S. The molecule has 0 radical (unpaired) electrons. The molecule has 90 valence electrons. The second kappa shape index (κ2) is 4.55. The van der Waals surface area contributed by atoms with Crippen molar-refractivity contribution in [2.75, 3.05) is 12.4 Å². The normalized spacial score (nSPS) is 10.8. The third-order valence-electron chi connectivity index (χ3n) is 2.70. The van der Waals surface area contributed by atoms with Crippen LogP contribution in [0, 0.1) is 0 Å². The SMILES string of the molecule is CNc1nc(Cl)c2c(-c3ccccc3)csc2n1. The van der Waals surface area contributed by atoms with Crippen LogP contribution < -0.4 is 5.32 Å². The Balaban J connectivity index is 2.27. The molecule has 0 bridgehead atoms. The van der Waals surface area contributed by atoms with Gasteiger partial charge in [0.2, 0.25) is 5.95 Å². The molecule has 0 aliphatic carbocycles. The van der Waals surface area contributed by atoms with Gasteiger partial charge in [0.05, 0.1) is 5.39 Å². The van der Waals surface area contributed by atoms with Crippen LogP contribution in [-0.2, 0) is 0 Å². The molecule has 1 N–H and O–H groups in total. The Hall–Kier alpha value is -1.65. The summed E-state index contributed by atoms with van der Waals surface area (Å²) in [5.41, 5.74) is 2.22. The molecule has 1 aromatic carbocycles. The number of fused-ring (bicyclic) bond motifs is 1. The fourth-order valence-electron chi connectivity index (χ4n) is 1.84. The zero-order valence-electron chi connectivity index (χ0n) is 9.64. The van der Waals surface area contributed by atoms with Crippen LogP contribution in [0.25, 0.3) is 21.3 Å². The number of thiophene rings is 1. The first-order valence-corrected chi connectivity index (χ1v) is 6.73. The van der Waals surface area contributed by atoms with Crippen molar-refractivity contribution in [3.63, 3.8) is 0 Å². The van der Waals surface area contributed by atoms with Crippen molar-refractivity contribution in [1.82, 2.24) is 9.97 Å². The van der Waals surface area contributed by atoms with E-state index >= 15 is 0 Å². The molecule has 0 amide bonds. The zero-order valence-corrected chi connectivity index (χ0v) is 11.2. The van der Waals surface area contributed by atoms with Gasteiger partial charge < -0.3 is 5.32 Å². The van der Waals surface area contributed by atoms with Crippen LogP contribution in [0.5, 0.6) is 0 Å². The Kier molecular flexibility index (Phi) is 2.89. The van der Waals surface area contributed by atoms with Crippen molar-refractivity contribution in [1.29, 1.82) is 0 Å². The molecule has 0 aliphatic heterocycles. The number of halogens is 1. The molecule has 2 heterocycles. The van der Waals surface area contributed by atoms with E-state index in [1.807, 2.05) is 18.2 Å². The van der Waals surface area contributed by atoms with Crippen LogP contribution >= 0.6 is 22.9 Å². The van der Waals surface area contributed by atoms with E-state index in [9.17, 15) is 0 Å². The zero-order chi connectivity index (χ0) is 12.5. The molecule has 3 rings (SSSR count). The molecule has 0 atom stereocenters. The van der Waals surface area contributed by atoms with Crippen LogP contribution in [0.15, 0.2) is 35.7 Å². The highest BCUT2D eigenvalue weighted by Gasteiger charge is 2.13. The molecule has 0 spiro atoms. The molecule has 3 aromatic rings. The quantitative estimate of drug-likeness (QED) is 0.717. The largest absolute Gasteiger partial charge is 0.357 e. The molecule has 0 saturated carbocycles. The van der Waals surface area contributed by atoms with E-state index in [4.69, 9.17) is 11.6 Å². The number of hydrogen-bond acceptors (Lipinski definition) is 4. The lowest BCUT2D eigenvalue weighted by molar-refractivity contribution is 1.20. The van der Waals surface area contributed by atoms with E-state index in [0.717, 1.165) is 21.3 Å². The van der Waals surface area contributed by atoms with Gasteiger partial charge >= 0.3 is 0 Å². The van der Waals surface area contributed by atoms with E-state index < -0.39 is 0 Å². The molecular weight excluding hydrogens is 266 g/mol. The first-order valence-electron chi connectivity index (χ1n) is 5.47. The summed E-state index contributed by atoms with van der Waals surface area (Å²) in [4.78, 5) is 9.54. The Bertz CT molecular complexity index is 694. The van der Waals surface area contributed by atoms with E-state index in [-0.39, 0.29) is 0 Å². The van der Waals surface area contributed by atoms with E-state index in [0.29, 0.717) is 11.1 Å². The van der Waals surface area contributed by atoms with Crippen LogP contribution in [0.2, 0.25) is 5.15 Å². The third-order valence-corrected chi connectivity index (χ3v) is 3.84. The summed E-state index contributed by atoms with van der Waals surface area (Å²) >= 11 is 7.83. The molecule has 5 heteroatoms. The minimum atomic E-state index is 0.490. The van der Waals surface area contributed by atoms with Gasteiger partial charge in [-0.1, -0.05) is 41.9 Å². The van der Waals surface area contributed by atoms with Crippen molar-refractivity contribution in [3.8, 4) is 11.1 Å². The standard InChI is InChI=1S/C13H10ClN3S/c1-15-13-16-11(14)10-9(7-18-12(10)17-13)8-5-3-2-4-6-8/h2-7H,1H3,(H,15,16,17). The molecule has 2 aromatic heterocycles. The van der Waals surface area contributed by atoms with E-state index in [1.165, 1.54) is 0 Å². The van der Waals surface area contributed by atoms with Crippen molar-refractivity contribution in [2.45, 2.75) is 0 Å². The van der Waals surface area contributed by atoms with Crippen molar-refractivity contribution < 1.29 is 0 Å². The molecule has 0 saturated heterocycles. The minimum Gasteiger partial charge on any atom is -0.357 e. The number of nitrogens with one attached hydrogen (secondary N) is 1. The predicted octanol–water partition coefficient (Wildman–Crippen LogP) is 4.05. The summed E-state index contributed by atoms with van der Waals surface area (Å²) in [6.07, 6.45) is 0. The number of aromatic nitrogens is 2. The van der Waals surface area contributed by atoms with Gasteiger partial charge in [-0.05, 0) is 5.56 Å². The summed E-state index contributed by atoms with van der Waals surface area (Å²) in [5.74, 6) is 0.550. The molecule has 3 nitrogen and oxygen atoms in total. The van der Waals surface area contributed by atoms with E-state index in [2.05, 4.69) is 32.8 Å². The summed E-state index contributed by atoms with van der Waals surface area (Å²) in [7, 11) is 1.78. The Labute approximate surface area is 113 Å². The minimum absolute atomic E-state index is 0.490. The van der Waals surface area contributed by atoms with Gasteiger partial charge in [0, 0.05) is 18.0 Å². The smallest absolute Gasteiger partial charge is 0.225 e. The number of rotatable bonds is 2. The monoisotopic (exact) mass is 275 g/mol. The first-order chi connectivity index (χ1) is 8.79. The highest BCUT2D eigenvalue weighted by atomic mass is 35.5. The average molecular weight is 276 g/mol. The number of nitrogens with zero attached hydrogens (tertiary/aromatic N) is 2. The van der Waals surface area contributed by atoms with Crippen molar-refractivity contribution in [3.05, 3.63) is 40.9 Å². The van der Waals surface area contributed by atoms with Crippen molar-refractivity contribution in [2.24, 2.45) is 0 Å².